The van der Waals surface area contributed by atoms with Crippen LogP contribution in [-0.2, 0) is 4.79 Å². The molecule has 0 bridgehead atoms. The van der Waals surface area contributed by atoms with Crippen molar-refractivity contribution in [2.45, 2.75) is 24.3 Å². The lowest BCUT2D eigenvalue weighted by Crippen LogP contribution is -2.44. The van der Waals surface area contributed by atoms with Crippen LogP contribution in [-0.4, -0.2) is 36.1 Å². The van der Waals surface area contributed by atoms with Crippen molar-refractivity contribution in [3.63, 3.8) is 0 Å². The maximum Gasteiger partial charge on any atom is 0.251 e. The molecule has 0 heterocycles. The van der Waals surface area contributed by atoms with Gasteiger partial charge in [0, 0.05) is 16.1 Å². The molecule has 0 aliphatic carbocycles. The quantitative estimate of drug-likeness (QED) is 0.665. The molecule has 6 heteroatoms. The number of carbonyl (C=O) groups excluding carboxylic acids is 2. The largest absolute Gasteiger partial charge is 0.340 e. The van der Waals surface area contributed by atoms with E-state index in [0.29, 0.717) is 12.0 Å². The number of hydrogen-bond acceptors (Lipinski definition) is 4. The first kappa shape index (κ1) is 20.4. The third-order valence-corrected chi connectivity index (χ3v) is 5.22. The second-order valence-electron chi connectivity index (χ2n) is 5.90. The Hall–Kier alpha value is -1.92. The van der Waals surface area contributed by atoms with Gasteiger partial charge in [0.15, 0.2) is 0 Å². The molecular weight excluding hydrogens is 364 g/mol. The average Bonchev–Trinajstić information content (AvgIpc) is 2.65. The number of hydrogen-bond donors (Lipinski definition) is 2. The van der Waals surface area contributed by atoms with Crippen LogP contribution in [0.4, 0.5) is 5.69 Å². The SMILES string of the molecule is CSCCC(NC(=O)c1cccc(C)c1)C(=O)Nc1cccc(SC)c1. The van der Waals surface area contributed by atoms with Gasteiger partial charge in [-0.05, 0) is 61.9 Å². The smallest absolute Gasteiger partial charge is 0.251 e. The summed E-state index contributed by atoms with van der Waals surface area (Å²) in [6.45, 7) is 1.94. The molecule has 4 nitrogen and oxygen atoms in total. The monoisotopic (exact) mass is 388 g/mol. The number of rotatable bonds is 8. The Labute approximate surface area is 163 Å². The molecule has 0 aromatic heterocycles. The molecule has 2 N–H and O–H groups in total. The summed E-state index contributed by atoms with van der Waals surface area (Å²) < 4.78 is 0. The van der Waals surface area contributed by atoms with Crippen molar-refractivity contribution in [3.05, 3.63) is 59.7 Å². The van der Waals surface area contributed by atoms with Crippen LogP contribution >= 0.6 is 23.5 Å². The Morgan fingerprint density at radius 2 is 1.85 bits per heavy atom. The van der Waals surface area contributed by atoms with Gasteiger partial charge in [0.05, 0.1) is 0 Å². The van der Waals surface area contributed by atoms with Crippen LogP contribution in [0.2, 0.25) is 0 Å². The summed E-state index contributed by atoms with van der Waals surface area (Å²) in [6.07, 6.45) is 4.55. The molecule has 26 heavy (non-hydrogen) atoms. The molecular formula is C20H24N2O2S2. The Kier molecular flexibility index (Phi) is 8.06. The molecule has 0 spiro atoms. The number of anilines is 1. The highest BCUT2D eigenvalue weighted by Gasteiger charge is 2.21. The first-order chi connectivity index (χ1) is 12.5. The average molecular weight is 389 g/mol. The molecule has 0 aliphatic heterocycles. The third-order valence-electron chi connectivity index (χ3n) is 3.85. The topological polar surface area (TPSA) is 58.2 Å². The molecule has 0 saturated heterocycles. The maximum absolute atomic E-state index is 12.7. The Morgan fingerprint density at radius 3 is 2.54 bits per heavy atom. The summed E-state index contributed by atoms with van der Waals surface area (Å²) in [7, 11) is 0. The van der Waals surface area contributed by atoms with Gasteiger partial charge in [0.2, 0.25) is 5.91 Å². The van der Waals surface area contributed by atoms with Gasteiger partial charge in [-0.3, -0.25) is 9.59 Å². The van der Waals surface area contributed by atoms with Crippen LogP contribution in [0, 0.1) is 6.92 Å². The lowest BCUT2D eigenvalue weighted by Gasteiger charge is -2.18. The van der Waals surface area contributed by atoms with E-state index in [1.165, 1.54) is 0 Å². The summed E-state index contributed by atoms with van der Waals surface area (Å²) >= 11 is 3.27. The lowest BCUT2D eigenvalue weighted by molar-refractivity contribution is -0.118. The van der Waals surface area contributed by atoms with Crippen LogP contribution < -0.4 is 10.6 Å². The van der Waals surface area contributed by atoms with Crippen molar-refractivity contribution >= 4 is 41.0 Å². The van der Waals surface area contributed by atoms with Crippen LogP contribution in [0.25, 0.3) is 0 Å². The van der Waals surface area contributed by atoms with Crippen molar-refractivity contribution < 1.29 is 9.59 Å². The molecule has 138 valence electrons. The molecule has 2 aromatic carbocycles. The lowest BCUT2D eigenvalue weighted by atomic mass is 10.1. The molecule has 2 amide bonds. The fourth-order valence-electron chi connectivity index (χ4n) is 2.46. The van der Waals surface area contributed by atoms with E-state index in [9.17, 15) is 9.59 Å². The minimum absolute atomic E-state index is 0.196. The van der Waals surface area contributed by atoms with Crippen molar-refractivity contribution in [2.75, 3.05) is 23.6 Å². The molecule has 0 aliphatic rings. The fraction of sp³-hybridized carbons (Fsp3) is 0.300. The van der Waals surface area contributed by atoms with Gasteiger partial charge in [0.25, 0.3) is 5.91 Å². The number of thioether (sulfide) groups is 2. The molecule has 0 radical (unpaired) electrons. The zero-order valence-corrected chi connectivity index (χ0v) is 16.9. The van der Waals surface area contributed by atoms with Crippen LogP contribution in [0.5, 0.6) is 0 Å². The summed E-state index contributed by atoms with van der Waals surface area (Å²) in [5.74, 6) is 0.364. The van der Waals surface area contributed by atoms with Gasteiger partial charge in [0.1, 0.15) is 6.04 Å². The highest BCUT2D eigenvalue weighted by atomic mass is 32.2. The first-order valence-corrected chi connectivity index (χ1v) is 11.0. The van der Waals surface area contributed by atoms with Gasteiger partial charge in [-0.15, -0.1) is 11.8 Å². The second kappa shape index (κ2) is 10.3. The summed E-state index contributed by atoms with van der Waals surface area (Å²) in [4.78, 5) is 26.3. The predicted octanol–water partition coefficient (Wildman–Crippen LogP) is 4.21. The molecule has 2 aromatic rings. The minimum atomic E-state index is -0.576. The molecule has 0 fully saturated rings. The number of benzene rings is 2. The van der Waals surface area contributed by atoms with Crippen LogP contribution in [0.15, 0.2) is 53.4 Å². The van der Waals surface area contributed by atoms with Gasteiger partial charge >= 0.3 is 0 Å². The molecule has 1 unspecified atom stereocenters. The van der Waals surface area contributed by atoms with Crippen molar-refractivity contribution in [1.82, 2.24) is 5.32 Å². The molecule has 2 rings (SSSR count). The van der Waals surface area contributed by atoms with E-state index in [1.807, 2.05) is 61.9 Å². The Bertz CT molecular complexity index is 765. The summed E-state index contributed by atoms with van der Waals surface area (Å²) in [6, 6.07) is 14.5. The number of aryl methyl sites for hydroxylation is 1. The van der Waals surface area contributed by atoms with E-state index in [2.05, 4.69) is 10.6 Å². The van der Waals surface area contributed by atoms with Gasteiger partial charge in [-0.1, -0.05) is 23.8 Å². The van der Waals surface area contributed by atoms with Crippen LogP contribution in [0.1, 0.15) is 22.3 Å². The predicted molar refractivity (Wildman–Crippen MR) is 112 cm³/mol. The van der Waals surface area contributed by atoms with E-state index in [4.69, 9.17) is 0 Å². The molecule has 1 atom stereocenters. The minimum Gasteiger partial charge on any atom is -0.340 e. The van der Waals surface area contributed by atoms with Crippen molar-refractivity contribution in [1.29, 1.82) is 0 Å². The van der Waals surface area contributed by atoms with E-state index in [1.54, 1.807) is 29.6 Å². The molecule has 0 saturated carbocycles. The van der Waals surface area contributed by atoms with E-state index in [-0.39, 0.29) is 11.8 Å². The second-order valence-corrected chi connectivity index (χ2v) is 7.76. The van der Waals surface area contributed by atoms with E-state index < -0.39 is 6.04 Å². The van der Waals surface area contributed by atoms with E-state index in [0.717, 1.165) is 21.9 Å². The van der Waals surface area contributed by atoms with Crippen LogP contribution in [0.3, 0.4) is 0 Å². The van der Waals surface area contributed by atoms with Crippen molar-refractivity contribution in [2.24, 2.45) is 0 Å². The zero-order chi connectivity index (χ0) is 18.9. The van der Waals surface area contributed by atoms with Gasteiger partial charge < -0.3 is 10.6 Å². The normalized spacial score (nSPS) is 11.7. The van der Waals surface area contributed by atoms with Gasteiger partial charge in [-0.25, -0.2) is 0 Å². The maximum atomic E-state index is 12.7. The third kappa shape index (κ3) is 6.11. The standard InChI is InChI=1S/C20H24N2O2S2/c1-14-6-4-7-15(12-14)19(23)22-18(10-11-25-2)20(24)21-16-8-5-9-17(13-16)26-3/h4-9,12-13,18H,10-11H2,1-3H3,(H,21,24)(H,22,23). The number of amides is 2. The number of nitrogens with one attached hydrogen (secondary N) is 2. The highest BCUT2D eigenvalue weighted by molar-refractivity contribution is 7.98. The summed E-state index contributed by atoms with van der Waals surface area (Å²) in [5.41, 5.74) is 2.31. The Balaban J connectivity index is 2.09. The summed E-state index contributed by atoms with van der Waals surface area (Å²) in [5, 5.41) is 5.79. The zero-order valence-electron chi connectivity index (χ0n) is 15.2. The highest BCUT2D eigenvalue weighted by Crippen LogP contribution is 2.19. The van der Waals surface area contributed by atoms with E-state index >= 15 is 0 Å². The fourth-order valence-corrected chi connectivity index (χ4v) is 3.39. The van der Waals surface area contributed by atoms with Crippen molar-refractivity contribution in [3.8, 4) is 0 Å². The van der Waals surface area contributed by atoms with Gasteiger partial charge in [-0.2, -0.15) is 11.8 Å². The first-order valence-electron chi connectivity index (χ1n) is 8.35. The number of carbonyl (C=O) groups is 2. The Morgan fingerprint density at radius 1 is 1.08 bits per heavy atom.